The van der Waals surface area contributed by atoms with Crippen molar-refractivity contribution in [3.05, 3.63) is 52.4 Å². The molecule has 1 unspecified atom stereocenters. The molecular formula is C21H23N7OS2. The summed E-state index contributed by atoms with van der Waals surface area (Å²) >= 11 is 3.38. The van der Waals surface area contributed by atoms with Gasteiger partial charge in [-0.05, 0) is 65.8 Å². The minimum absolute atomic E-state index is 0.0805. The third-order valence-corrected chi connectivity index (χ3v) is 7.66. The number of rotatable bonds is 7. The van der Waals surface area contributed by atoms with Crippen molar-refractivity contribution in [2.45, 2.75) is 31.7 Å². The topological polar surface area (TPSA) is 90.5 Å². The van der Waals surface area contributed by atoms with Gasteiger partial charge in [-0.1, -0.05) is 12.1 Å². The molecule has 1 aliphatic rings. The first-order chi connectivity index (χ1) is 15.2. The second kappa shape index (κ2) is 8.43. The number of nitrogens with zero attached hydrogens (tertiary/aromatic N) is 6. The lowest BCUT2D eigenvalue weighted by molar-refractivity contribution is 0.0933. The van der Waals surface area contributed by atoms with Crippen LogP contribution >= 0.6 is 23.1 Å². The number of thioether (sulfide) groups is 1. The van der Waals surface area contributed by atoms with Crippen molar-refractivity contribution in [2.24, 2.45) is 7.05 Å². The highest BCUT2D eigenvalue weighted by molar-refractivity contribution is 7.98. The molecule has 1 amide bonds. The largest absolute Gasteiger partial charge is 0.342 e. The van der Waals surface area contributed by atoms with Crippen molar-refractivity contribution in [3.63, 3.8) is 0 Å². The number of tetrazole rings is 1. The molecule has 5 rings (SSSR count). The van der Waals surface area contributed by atoms with Gasteiger partial charge in [-0.2, -0.15) is 16.4 Å². The molecule has 0 saturated heterocycles. The van der Waals surface area contributed by atoms with E-state index in [0.29, 0.717) is 5.56 Å². The first-order valence-electron chi connectivity index (χ1n) is 10.3. The number of aryl methyl sites for hydroxylation is 2. The monoisotopic (exact) mass is 453 g/mol. The van der Waals surface area contributed by atoms with Gasteiger partial charge >= 0.3 is 0 Å². The number of hydrogen-bond donors (Lipinski definition) is 1. The number of aromatic nitrogens is 6. The molecule has 10 heteroatoms. The van der Waals surface area contributed by atoms with Gasteiger partial charge in [-0.15, -0.1) is 16.4 Å². The van der Waals surface area contributed by atoms with Gasteiger partial charge in [0.25, 0.3) is 5.91 Å². The summed E-state index contributed by atoms with van der Waals surface area (Å²) in [5.74, 6) is 1.72. The number of nitrogens with one attached hydrogen (secondary N) is 1. The van der Waals surface area contributed by atoms with Crippen LogP contribution in [0.15, 0.2) is 30.6 Å². The molecule has 31 heavy (non-hydrogen) atoms. The Morgan fingerprint density at radius 3 is 2.97 bits per heavy atom. The molecule has 4 aromatic rings. The van der Waals surface area contributed by atoms with Crippen LogP contribution in [0.25, 0.3) is 16.0 Å². The van der Waals surface area contributed by atoms with Crippen LogP contribution in [0.5, 0.6) is 0 Å². The molecule has 0 radical (unpaired) electrons. The maximum absolute atomic E-state index is 13.6. The highest BCUT2D eigenvalue weighted by atomic mass is 32.2. The highest BCUT2D eigenvalue weighted by Gasteiger charge is 2.30. The zero-order valence-electron chi connectivity index (χ0n) is 17.4. The quantitative estimate of drug-likeness (QED) is 0.462. The highest BCUT2D eigenvalue weighted by Crippen LogP contribution is 2.37. The minimum Gasteiger partial charge on any atom is -0.342 e. The number of para-hydroxylation sites is 2. The molecule has 0 bridgehead atoms. The lowest BCUT2D eigenvalue weighted by Crippen LogP contribution is -2.31. The Kier molecular flexibility index (Phi) is 5.49. The first kappa shape index (κ1) is 20.2. The third kappa shape index (κ3) is 3.63. The van der Waals surface area contributed by atoms with Crippen LogP contribution in [0.3, 0.4) is 0 Å². The van der Waals surface area contributed by atoms with E-state index in [0.717, 1.165) is 58.9 Å². The first-order valence-corrected chi connectivity index (χ1v) is 12.5. The molecule has 0 saturated carbocycles. The number of carbonyl (C=O) groups is 1. The molecule has 1 atom stereocenters. The summed E-state index contributed by atoms with van der Waals surface area (Å²) in [6.07, 6.45) is 7.43. The van der Waals surface area contributed by atoms with Gasteiger partial charge in [0.2, 0.25) is 0 Å². The van der Waals surface area contributed by atoms with Crippen molar-refractivity contribution in [2.75, 3.05) is 12.0 Å². The smallest absolute Gasteiger partial charge is 0.255 e. The Labute approximate surface area is 188 Å². The summed E-state index contributed by atoms with van der Waals surface area (Å²) in [5.41, 5.74) is 3.85. The molecule has 1 aromatic carbocycles. The Hall–Kier alpha value is -2.72. The average molecular weight is 454 g/mol. The maximum atomic E-state index is 13.6. The van der Waals surface area contributed by atoms with Crippen LogP contribution in [0, 0.1) is 0 Å². The summed E-state index contributed by atoms with van der Waals surface area (Å²) in [6.45, 7) is 0. The number of benzene rings is 1. The fraction of sp³-hybridized carbons (Fsp3) is 0.381. The number of imidazole rings is 1. The lowest BCUT2D eigenvalue weighted by Gasteiger charge is -2.19. The van der Waals surface area contributed by atoms with E-state index in [1.54, 1.807) is 34.1 Å². The number of hydrogen-bond acceptors (Lipinski definition) is 7. The van der Waals surface area contributed by atoms with Crippen molar-refractivity contribution < 1.29 is 4.79 Å². The SMILES string of the molecule is CSCCC(NC(=O)c1c(-n2cnnn2)sc2c1CCC2)c1nc2ccccc2n1C. The molecule has 0 fully saturated rings. The van der Waals surface area contributed by atoms with Crippen molar-refractivity contribution in [1.82, 2.24) is 35.1 Å². The number of amides is 1. The van der Waals surface area contributed by atoms with E-state index in [4.69, 9.17) is 4.98 Å². The summed E-state index contributed by atoms with van der Waals surface area (Å²) in [4.78, 5) is 19.7. The maximum Gasteiger partial charge on any atom is 0.255 e. The van der Waals surface area contributed by atoms with E-state index < -0.39 is 0 Å². The van der Waals surface area contributed by atoms with E-state index in [1.807, 2.05) is 25.2 Å². The predicted octanol–water partition coefficient (Wildman–Crippen LogP) is 3.32. The number of thiophene rings is 1. The molecule has 160 valence electrons. The second-order valence-corrected chi connectivity index (χ2v) is 9.69. The number of fused-ring (bicyclic) bond motifs is 2. The van der Waals surface area contributed by atoms with E-state index >= 15 is 0 Å². The second-order valence-electron chi connectivity index (χ2n) is 7.62. The molecule has 1 N–H and O–H groups in total. The number of carbonyl (C=O) groups excluding carboxylic acids is 1. The summed E-state index contributed by atoms with van der Waals surface area (Å²) in [6, 6.07) is 7.88. The fourth-order valence-electron chi connectivity index (χ4n) is 4.25. The Balaban J connectivity index is 1.52. The molecular weight excluding hydrogens is 430 g/mol. The minimum atomic E-state index is -0.184. The zero-order chi connectivity index (χ0) is 21.4. The molecule has 8 nitrogen and oxygen atoms in total. The fourth-order valence-corrected chi connectivity index (χ4v) is 6.02. The Morgan fingerprint density at radius 1 is 1.32 bits per heavy atom. The zero-order valence-corrected chi connectivity index (χ0v) is 19.0. The Bertz CT molecular complexity index is 1230. The van der Waals surface area contributed by atoms with Crippen LogP contribution in [0.2, 0.25) is 0 Å². The van der Waals surface area contributed by atoms with Crippen LogP contribution in [-0.4, -0.2) is 47.7 Å². The molecule has 3 aromatic heterocycles. The normalized spacial score (nSPS) is 14.1. The van der Waals surface area contributed by atoms with E-state index in [-0.39, 0.29) is 11.9 Å². The van der Waals surface area contributed by atoms with Crippen molar-refractivity contribution in [3.8, 4) is 5.00 Å². The average Bonchev–Trinajstić information content (AvgIpc) is 3.54. The van der Waals surface area contributed by atoms with Gasteiger partial charge in [0, 0.05) is 11.9 Å². The standard InChI is InChI=1S/C21H23N7OS2/c1-27-16-8-4-3-7-14(16)23-19(27)15(10-11-30-2)24-20(29)18-13-6-5-9-17(13)31-21(18)28-12-22-25-26-28/h3-4,7-8,12,15H,5-6,9-11H2,1-2H3,(H,24,29). The summed E-state index contributed by atoms with van der Waals surface area (Å²) in [7, 11) is 2.01. The molecule has 1 aliphatic carbocycles. The van der Waals surface area contributed by atoms with E-state index in [1.165, 1.54) is 4.88 Å². The van der Waals surface area contributed by atoms with Gasteiger partial charge < -0.3 is 9.88 Å². The summed E-state index contributed by atoms with van der Waals surface area (Å²) < 4.78 is 3.69. The van der Waals surface area contributed by atoms with Gasteiger partial charge in [-0.3, -0.25) is 4.79 Å². The van der Waals surface area contributed by atoms with Gasteiger partial charge in [-0.25, -0.2) is 4.98 Å². The van der Waals surface area contributed by atoms with Gasteiger partial charge in [0.15, 0.2) is 0 Å². The molecule has 3 heterocycles. The summed E-state index contributed by atoms with van der Waals surface area (Å²) in [5, 5.41) is 15.6. The van der Waals surface area contributed by atoms with Crippen LogP contribution in [0.4, 0.5) is 0 Å². The molecule has 0 spiro atoms. The Morgan fingerprint density at radius 2 is 2.19 bits per heavy atom. The van der Waals surface area contributed by atoms with Crippen LogP contribution in [0.1, 0.15) is 45.5 Å². The van der Waals surface area contributed by atoms with Crippen molar-refractivity contribution >= 4 is 40.0 Å². The van der Waals surface area contributed by atoms with Gasteiger partial charge in [0.1, 0.15) is 17.2 Å². The molecule has 0 aliphatic heterocycles. The van der Waals surface area contributed by atoms with E-state index in [2.05, 4.69) is 37.7 Å². The van der Waals surface area contributed by atoms with Crippen molar-refractivity contribution in [1.29, 1.82) is 0 Å². The van der Waals surface area contributed by atoms with Crippen LogP contribution < -0.4 is 5.32 Å². The van der Waals surface area contributed by atoms with Crippen LogP contribution in [-0.2, 0) is 19.9 Å². The predicted molar refractivity (Wildman–Crippen MR) is 123 cm³/mol. The van der Waals surface area contributed by atoms with Gasteiger partial charge in [0.05, 0.1) is 22.6 Å². The van der Waals surface area contributed by atoms with E-state index in [9.17, 15) is 4.79 Å². The third-order valence-electron chi connectivity index (χ3n) is 5.74. The lowest BCUT2D eigenvalue weighted by atomic mass is 10.1.